The molecule has 2 rings (SSSR count). The minimum atomic E-state index is -0.259. The lowest BCUT2D eigenvalue weighted by Gasteiger charge is -2.39. The molecule has 0 bridgehead atoms. The molecule has 1 aliphatic heterocycles. The molecule has 1 saturated heterocycles. The highest BCUT2D eigenvalue weighted by atomic mass is 127. The Morgan fingerprint density at radius 3 is 2.30 bits per heavy atom. The van der Waals surface area contributed by atoms with Gasteiger partial charge in [-0.25, -0.2) is 4.39 Å². The van der Waals surface area contributed by atoms with Crippen LogP contribution in [0.25, 0.3) is 0 Å². The maximum atomic E-state index is 13.0. The lowest BCUT2D eigenvalue weighted by molar-refractivity contribution is 0.0925. The second kappa shape index (κ2) is 14.0. The van der Waals surface area contributed by atoms with Gasteiger partial charge in [0.05, 0.1) is 13.1 Å². The first-order valence-corrected chi connectivity index (χ1v) is 10.8. The van der Waals surface area contributed by atoms with Crippen molar-refractivity contribution in [2.75, 3.05) is 52.9 Å². The number of guanidine groups is 1. The number of ether oxygens (including phenoxy) is 1. The van der Waals surface area contributed by atoms with Crippen molar-refractivity contribution in [1.29, 1.82) is 0 Å². The average Bonchev–Trinajstić information content (AvgIpc) is 2.69. The SMILES string of the molecule is CCNC(=NCC(C(C)C)N1CCN(C)CC1)NCC(C)Oc1ccc(F)cc1.I. The van der Waals surface area contributed by atoms with Crippen LogP contribution in [0.1, 0.15) is 27.7 Å². The second-order valence-electron chi connectivity index (χ2n) is 8.13. The zero-order chi connectivity index (χ0) is 21.2. The van der Waals surface area contributed by atoms with Crippen LogP contribution in [0, 0.1) is 11.7 Å². The van der Waals surface area contributed by atoms with Crippen molar-refractivity contribution in [3.05, 3.63) is 30.1 Å². The van der Waals surface area contributed by atoms with E-state index in [1.807, 2.05) is 6.92 Å². The van der Waals surface area contributed by atoms with E-state index in [9.17, 15) is 4.39 Å². The number of nitrogens with one attached hydrogen (secondary N) is 2. The van der Waals surface area contributed by atoms with Crippen LogP contribution >= 0.6 is 24.0 Å². The number of hydrogen-bond acceptors (Lipinski definition) is 4. The van der Waals surface area contributed by atoms with Gasteiger partial charge in [-0.3, -0.25) is 9.89 Å². The Morgan fingerprint density at radius 2 is 1.73 bits per heavy atom. The average molecular weight is 535 g/mol. The van der Waals surface area contributed by atoms with Crippen molar-refractivity contribution < 1.29 is 9.13 Å². The van der Waals surface area contributed by atoms with Gasteiger partial charge in [0.15, 0.2) is 5.96 Å². The summed E-state index contributed by atoms with van der Waals surface area (Å²) in [7, 11) is 2.18. The zero-order valence-corrected chi connectivity index (χ0v) is 21.4. The van der Waals surface area contributed by atoms with Crippen molar-refractivity contribution in [2.45, 2.75) is 39.8 Å². The summed E-state index contributed by atoms with van der Waals surface area (Å²) in [5.74, 6) is 1.76. The van der Waals surface area contributed by atoms with E-state index in [4.69, 9.17) is 9.73 Å². The van der Waals surface area contributed by atoms with Crippen LogP contribution in [0.3, 0.4) is 0 Å². The molecule has 30 heavy (non-hydrogen) atoms. The van der Waals surface area contributed by atoms with Crippen LogP contribution < -0.4 is 15.4 Å². The fraction of sp³-hybridized carbons (Fsp3) is 0.682. The summed E-state index contributed by atoms with van der Waals surface area (Å²) in [4.78, 5) is 9.80. The van der Waals surface area contributed by atoms with E-state index in [0.29, 0.717) is 24.3 Å². The van der Waals surface area contributed by atoms with Gasteiger partial charge >= 0.3 is 0 Å². The maximum Gasteiger partial charge on any atom is 0.191 e. The van der Waals surface area contributed by atoms with E-state index < -0.39 is 0 Å². The van der Waals surface area contributed by atoms with E-state index in [-0.39, 0.29) is 35.9 Å². The van der Waals surface area contributed by atoms with E-state index in [0.717, 1.165) is 45.2 Å². The van der Waals surface area contributed by atoms with Crippen LogP contribution in [0.4, 0.5) is 4.39 Å². The monoisotopic (exact) mass is 535 g/mol. The molecule has 6 nitrogen and oxygen atoms in total. The molecule has 1 fully saturated rings. The Balaban J connectivity index is 0.00000450. The molecule has 2 N–H and O–H groups in total. The molecule has 0 aliphatic carbocycles. The Morgan fingerprint density at radius 1 is 1.10 bits per heavy atom. The molecule has 0 amide bonds. The van der Waals surface area contributed by atoms with Gasteiger partial charge in [0, 0.05) is 38.8 Å². The van der Waals surface area contributed by atoms with Gasteiger partial charge in [-0.2, -0.15) is 0 Å². The lowest BCUT2D eigenvalue weighted by Crippen LogP contribution is -2.52. The minimum absolute atomic E-state index is 0. The van der Waals surface area contributed by atoms with Gasteiger partial charge in [0.2, 0.25) is 0 Å². The Kier molecular flexibility index (Phi) is 12.6. The Bertz CT molecular complexity index is 620. The number of piperazine rings is 1. The predicted molar refractivity (Wildman–Crippen MR) is 134 cm³/mol. The third-order valence-electron chi connectivity index (χ3n) is 5.26. The Hall–Kier alpha value is -1.13. The van der Waals surface area contributed by atoms with Gasteiger partial charge in [0.25, 0.3) is 0 Å². The molecule has 1 heterocycles. The van der Waals surface area contributed by atoms with Gasteiger partial charge in [-0.15, -0.1) is 24.0 Å². The molecule has 2 atom stereocenters. The predicted octanol–water partition coefficient (Wildman–Crippen LogP) is 3.04. The number of nitrogens with zero attached hydrogens (tertiary/aromatic N) is 3. The summed E-state index contributed by atoms with van der Waals surface area (Å²) in [5.41, 5.74) is 0. The third kappa shape index (κ3) is 9.34. The second-order valence-corrected chi connectivity index (χ2v) is 8.13. The molecular formula is C22H39FIN5O. The standard InChI is InChI=1S/C22H38FN5O.HI/c1-6-24-22(25-15-18(4)29-20-9-7-19(23)8-10-20)26-16-21(17(2)3)28-13-11-27(5)12-14-28;/h7-10,17-18,21H,6,11-16H2,1-5H3,(H2,24,25,26);1H. The maximum absolute atomic E-state index is 13.0. The van der Waals surface area contributed by atoms with Gasteiger partial charge in [-0.05, 0) is 51.1 Å². The van der Waals surface area contributed by atoms with E-state index in [2.05, 4.69) is 48.3 Å². The van der Waals surface area contributed by atoms with Crippen molar-refractivity contribution >= 4 is 29.9 Å². The molecular weight excluding hydrogens is 496 g/mol. The van der Waals surface area contributed by atoms with E-state index in [1.165, 1.54) is 12.1 Å². The smallest absolute Gasteiger partial charge is 0.191 e. The largest absolute Gasteiger partial charge is 0.489 e. The lowest BCUT2D eigenvalue weighted by atomic mass is 10.0. The molecule has 1 aromatic rings. The highest BCUT2D eigenvalue weighted by Gasteiger charge is 2.24. The fourth-order valence-corrected chi connectivity index (χ4v) is 3.46. The van der Waals surface area contributed by atoms with Gasteiger partial charge < -0.3 is 20.3 Å². The zero-order valence-electron chi connectivity index (χ0n) is 19.0. The van der Waals surface area contributed by atoms with E-state index in [1.54, 1.807) is 12.1 Å². The number of halogens is 2. The fourth-order valence-electron chi connectivity index (χ4n) is 3.46. The van der Waals surface area contributed by atoms with Gasteiger partial charge in [-0.1, -0.05) is 13.8 Å². The molecule has 0 saturated carbocycles. The van der Waals surface area contributed by atoms with E-state index >= 15 is 0 Å². The molecule has 0 spiro atoms. The van der Waals surface area contributed by atoms with Crippen LogP contribution in [0.2, 0.25) is 0 Å². The number of likely N-dealkylation sites (N-methyl/N-ethyl adjacent to an activating group) is 1. The van der Waals surface area contributed by atoms with Crippen LogP contribution in [-0.4, -0.2) is 80.8 Å². The molecule has 2 unspecified atom stereocenters. The first-order chi connectivity index (χ1) is 13.9. The van der Waals surface area contributed by atoms with Crippen LogP contribution in [0.15, 0.2) is 29.3 Å². The normalized spacial score (nSPS) is 17.9. The van der Waals surface area contributed by atoms with Crippen molar-refractivity contribution in [3.8, 4) is 5.75 Å². The van der Waals surface area contributed by atoms with Crippen LogP contribution in [0.5, 0.6) is 5.75 Å². The summed E-state index contributed by atoms with van der Waals surface area (Å²) in [6.07, 6.45) is -0.0668. The summed E-state index contributed by atoms with van der Waals surface area (Å²) in [6, 6.07) is 6.55. The number of aliphatic imine (C=N–C) groups is 1. The summed E-state index contributed by atoms with van der Waals surface area (Å²) in [6.45, 7) is 15.2. The number of benzene rings is 1. The highest BCUT2D eigenvalue weighted by molar-refractivity contribution is 14.0. The first kappa shape index (κ1) is 26.9. The van der Waals surface area contributed by atoms with Gasteiger partial charge in [0.1, 0.15) is 17.7 Å². The van der Waals surface area contributed by atoms with Crippen molar-refractivity contribution in [2.24, 2.45) is 10.9 Å². The topological polar surface area (TPSA) is 52.1 Å². The van der Waals surface area contributed by atoms with Crippen molar-refractivity contribution in [1.82, 2.24) is 20.4 Å². The summed E-state index contributed by atoms with van der Waals surface area (Å²) < 4.78 is 18.9. The summed E-state index contributed by atoms with van der Waals surface area (Å²) >= 11 is 0. The van der Waals surface area contributed by atoms with Crippen molar-refractivity contribution in [3.63, 3.8) is 0 Å². The molecule has 1 aliphatic rings. The number of hydrogen-bond donors (Lipinski definition) is 2. The summed E-state index contributed by atoms with van der Waals surface area (Å²) in [5, 5.41) is 6.69. The number of rotatable bonds is 9. The quantitative estimate of drug-likeness (QED) is 0.289. The molecule has 8 heteroatoms. The Labute approximate surface area is 198 Å². The van der Waals surface area contributed by atoms with Crippen LogP contribution in [-0.2, 0) is 0 Å². The molecule has 0 aromatic heterocycles. The molecule has 172 valence electrons. The first-order valence-electron chi connectivity index (χ1n) is 10.8. The highest BCUT2D eigenvalue weighted by Crippen LogP contribution is 2.14. The third-order valence-corrected chi connectivity index (χ3v) is 5.26. The minimum Gasteiger partial charge on any atom is -0.489 e. The molecule has 1 aromatic carbocycles. The molecule has 0 radical (unpaired) electrons.